The maximum Gasteiger partial charge on any atom is 0.108 e. The van der Waals surface area contributed by atoms with Crippen molar-refractivity contribution in [2.45, 2.75) is 39.3 Å². The molecule has 1 atom stereocenters. The Hall–Kier alpha value is -0.870. The Kier molecular flexibility index (Phi) is 5.36. The van der Waals surface area contributed by atoms with E-state index in [0.717, 1.165) is 31.8 Å². The lowest BCUT2D eigenvalue weighted by molar-refractivity contribution is 0.228. The van der Waals surface area contributed by atoms with Gasteiger partial charge >= 0.3 is 0 Å². The number of aryl methyl sites for hydroxylation is 1. The SMILES string of the molecule is CCCNC(CO)Cn1ccnc1CC. The van der Waals surface area contributed by atoms with Gasteiger partial charge in [-0.25, -0.2) is 4.98 Å². The average molecular weight is 211 g/mol. The van der Waals surface area contributed by atoms with E-state index in [-0.39, 0.29) is 12.6 Å². The topological polar surface area (TPSA) is 50.1 Å². The Morgan fingerprint density at radius 1 is 1.53 bits per heavy atom. The van der Waals surface area contributed by atoms with Gasteiger partial charge in [-0.3, -0.25) is 0 Å². The van der Waals surface area contributed by atoms with Gasteiger partial charge in [-0.15, -0.1) is 0 Å². The van der Waals surface area contributed by atoms with E-state index < -0.39 is 0 Å². The summed E-state index contributed by atoms with van der Waals surface area (Å²) in [6.45, 7) is 6.12. The number of hydrogen-bond acceptors (Lipinski definition) is 3. The fourth-order valence-corrected chi connectivity index (χ4v) is 1.59. The van der Waals surface area contributed by atoms with E-state index in [1.165, 1.54) is 0 Å². The third-order valence-electron chi connectivity index (χ3n) is 2.44. The molecule has 4 heteroatoms. The number of aromatic nitrogens is 2. The number of rotatable bonds is 7. The molecule has 0 fully saturated rings. The van der Waals surface area contributed by atoms with Crippen LogP contribution in [0.5, 0.6) is 0 Å². The summed E-state index contributed by atoms with van der Waals surface area (Å²) in [7, 11) is 0. The van der Waals surface area contributed by atoms with Crippen molar-refractivity contribution in [1.29, 1.82) is 0 Å². The summed E-state index contributed by atoms with van der Waals surface area (Å²) < 4.78 is 2.10. The smallest absolute Gasteiger partial charge is 0.108 e. The third kappa shape index (κ3) is 3.64. The van der Waals surface area contributed by atoms with Gasteiger partial charge < -0.3 is 15.0 Å². The van der Waals surface area contributed by atoms with E-state index in [4.69, 9.17) is 0 Å². The summed E-state index contributed by atoms with van der Waals surface area (Å²) in [6.07, 6.45) is 5.79. The molecule has 1 rings (SSSR count). The summed E-state index contributed by atoms with van der Waals surface area (Å²) in [6, 6.07) is 0.129. The average Bonchev–Trinajstić information content (AvgIpc) is 2.71. The molecule has 0 aliphatic heterocycles. The van der Waals surface area contributed by atoms with Crippen LogP contribution < -0.4 is 5.32 Å². The molecular weight excluding hydrogens is 190 g/mol. The minimum atomic E-state index is 0.129. The second kappa shape index (κ2) is 6.58. The first-order valence-corrected chi connectivity index (χ1v) is 5.66. The van der Waals surface area contributed by atoms with Crippen molar-refractivity contribution in [2.24, 2.45) is 0 Å². The zero-order chi connectivity index (χ0) is 11.1. The van der Waals surface area contributed by atoms with Crippen LogP contribution in [0, 0.1) is 0 Å². The first-order chi connectivity index (χ1) is 7.31. The predicted octanol–water partition coefficient (Wildman–Crippen LogP) is 0.806. The molecule has 0 saturated heterocycles. The van der Waals surface area contributed by atoms with E-state index in [1.54, 1.807) is 0 Å². The Morgan fingerprint density at radius 2 is 2.33 bits per heavy atom. The quantitative estimate of drug-likeness (QED) is 0.701. The zero-order valence-corrected chi connectivity index (χ0v) is 9.61. The van der Waals surface area contributed by atoms with Crippen LogP contribution in [0.2, 0.25) is 0 Å². The van der Waals surface area contributed by atoms with Gasteiger partial charge in [0.25, 0.3) is 0 Å². The van der Waals surface area contributed by atoms with Crippen molar-refractivity contribution in [1.82, 2.24) is 14.9 Å². The van der Waals surface area contributed by atoms with Crippen LogP contribution >= 0.6 is 0 Å². The number of nitrogens with zero attached hydrogens (tertiary/aromatic N) is 2. The molecule has 0 aliphatic carbocycles. The van der Waals surface area contributed by atoms with Crippen LogP contribution in [0.1, 0.15) is 26.1 Å². The number of nitrogens with one attached hydrogen (secondary N) is 1. The minimum Gasteiger partial charge on any atom is -0.395 e. The maximum absolute atomic E-state index is 9.22. The highest BCUT2D eigenvalue weighted by molar-refractivity contribution is 4.92. The lowest BCUT2D eigenvalue weighted by Crippen LogP contribution is -2.37. The molecule has 0 bridgehead atoms. The van der Waals surface area contributed by atoms with Crippen LogP contribution in [0.15, 0.2) is 12.4 Å². The molecule has 4 nitrogen and oxygen atoms in total. The van der Waals surface area contributed by atoms with Gasteiger partial charge in [0.2, 0.25) is 0 Å². The predicted molar refractivity (Wildman–Crippen MR) is 60.8 cm³/mol. The zero-order valence-electron chi connectivity index (χ0n) is 9.61. The summed E-state index contributed by atoms with van der Waals surface area (Å²) >= 11 is 0. The van der Waals surface area contributed by atoms with E-state index >= 15 is 0 Å². The Labute approximate surface area is 91.3 Å². The van der Waals surface area contributed by atoms with Gasteiger partial charge in [0, 0.05) is 31.4 Å². The minimum absolute atomic E-state index is 0.129. The summed E-state index contributed by atoms with van der Waals surface area (Å²) in [5.74, 6) is 1.08. The summed E-state index contributed by atoms with van der Waals surface area (Å²) in [5.41, 5.74) is 0. The van der Waals surface area contributed by atoms with Gasteiger partial charge in [0.1, 0.15) is 5.82 Å². The van der Waals surface area contributed by atoms with Crippen LogP contribution in [0.4, 0.5) is 0 Å². The Balaban J connectivity index is 2.50. The van der Waals surface area contributed by atoms with Gasteiger partial charge in [-0.1, -0.05) is 13.8 Å². The number of aliphatic hydroxyl groups excluding tert-OH is 1. The van der Waals surface area contributed by atoms with Crippen LogP contribution in [-0.4, -0.2) is 33.9 Å². The highest BCUT2D eigenvalue weighted by Gasteiger charge is 2.08. The van der Waals surface area contributed by atoms with Crippen molar-refractivity contribution in [3.05, 3.63) is 18.2 Å². The first-order valence-electron chi connectivity index (χ1n) is 5.66. The van der Waals surface area contributed by atoms with Crippen molar-refractivity contribution in [3.63, 3.8) is 0 Å². The van der Waals surface area contributed by atoms with Crippen molar-refractivity contribution >= 4 is 0 Å². The summed E-state index contributed by atoms with van der Waals surface area (Å²) in [4.78, 5) is 4.26. The van der Waals surface area contributed by atoms with E-state index in [9.17, 15) is 5.11 Å². The molecule has 1 unspecified atom stereocenters. The molecule has 0 aromatic carbocycles. The Morgan fingerprint density at radius 3 is 2.93 bits per heavy atom. The van der Waals surface area contributed by atoms with Crippen LogP contribution in [0.3, 0.4) is 0 Å². The monoisotopic (exact) mass is 211 g/mol. The maximum atomic E-state index is 9.22. The van der Waals surface area contributed by atoms with E-state index in [0.29, 0.717) is 0 Å². The molecule has 1 aromatic heterocycles. The number of aliphatic hydroxyl groups is 1. The molecule has 86 valence electrons. The summed E-state index contributed by atoms with van der Waals surface area (Å²) in [5, 5.41) is 12.5. The number of imidazole rings is 1. The number of hydrogen-bond donors (Lipinski definition) is 2. The fourth-order valence-electron chi connectivity index (χ4n) is 1.59. The van der Waals surface area contributed by atoms with Crippen molar-refractivity contribution < 1.29 is 5.11 Å². The van der Waals surface area contributed by atoms with Gasteiger partial charge in [0.15, 0.2) is 0 Å². The first kappa shape index (κ1) is 12.2. The van der Waals surface area contributed by atoms with Crippen LogP contribution in [0.25, 0.3) is 0 Å². The molecule has 15 heavy (non-hydrogen) atoms. The molecule has 0 aliphatic rings. The molecule has 1 heterocycles. The molecule has 0 spiro atoms. The van der Waals surface area contributed by atoms with E-state index in [2.05, 4.69) is 28.7 Å². The van der Waals surface area contributed by atoms with Crippen molar-refractivity contribution in [3.8, 4) is 0 Å². The molecule has 0 saturated carbocycles. The fraction of sp³-hybridized carbons (Fsp3) is 0.727. The van der Waals surface area contributed by atoms with Crippen molar-refractivity contribution in [2.75, 3.05) is 13.2 Å². The lowest BCUT2D eigenvalue weighted by Gasteiger charge is -2.17. The second-order valence-corrected chi connectivity index (χ2v) is 3.68. The van der Waals surface area contributed by atoms with Gasteiger partial charge in [-0.2, -0.15) is 0 Å². The third-order valence-corrected chi connectivity index (χ3v) is 2.44. The standard InChI is InChI=1S/C11H21N3O/c1-3-5-12-10(9-15)8-14-7-6-13-11(14)4-2/h6-7,10,12,15H,3-5,8-9H2,1-2H3. The molecular formula is C11H21N3O. The normalized spacial score (nSPS) is 13.0. The Bertz CT molecular complexity index is 273. The second-order valence-electron chi connectivity index (χ2n) is 3.68. The molecule has 1 aromatic rings. The molecule has 0 radical (unpaired) electrons. The highest BCUT2D eigenvalue weighted by atomic mass is 16.3. The molecule has 2 N–H and O–H groups in total. The highest BCUT2D eigenvalue weighted by Crippen LogP contribution is 2.00. The van der Waals surface area contributed by atoms with Crippen LogP contribution in [-0.2, 0) is 13.0 Å². The lowest BCUT2D eigenvalue weighted by atomic mass is 10.3. The molecule has 0 amide bonds. The van der Waals surface area contributed by atoms with Gasteiger partial charge in [0.05, 0.1) is 6.61 Å². The van der Waals surface area contributed by atoms with E-state index in [1.807, 2.05) is 12.4 Å². The largest absolute Gasteiger partial charge is 0.395 e. The van der Waals surface area contributed by atoms with Gasteiger partial charge in [-0.05, 0) is 13.0 Å².